The van der Waals surface area contributed by atoms with Crippen LogP contribution in [0.3, 0.4) is 0 Å². The summed E-state index contributed by atoms with van der Waals surface area (Å²) in [4.78, 5) is 4.25. The van der Waals surface area contributed by atoms with Crippen LogP contribution < -0.4 is 0 Å². The average Bonchev–Trinajstić information content (AvgIpc) is 2.07. The molecular formula is C10H7BrClN. The van der Waals surface area contributed by atoms with Crippen LogP contribution in [-0.2, 0) is 0 Å². The molecule has 0 aliphatic rings. The van der Waals surface area contributed by atoms with Gasteiger partial charge in [0.15, 0.2) is 0 Å². The van der Waals surface area contributed by atoms with Crippen LogP contribution in [-0.4, -0.2) is 4.98 Å². The molecule has 13 heavy (non-hydrogen) atoms. The summed E-state index contributed by atoms with van der Waals surface area (Å²) < 4.78 is 0.982. The summed E-state index contributed by atoms with van der Waals surface area (Å²) >= 11 is 9.31. The molecule has 1 nitrogen and oxygen atoms in total. The zero-order valence-corrected chi connectivity index (χ0v) is 9.35. The van der Waals surface area contributed by atoms with Gasteiger partial charge in [0, 0.05) is 9.86 Å². The Morgan fingerprint density at radius 2 is 2.15 bits per heavy atom. The number of hydrogen-bond donors (Lipinski definition) is 0. The Balaban J connectivity index is 2.94. The second kappa shape index (κ2) is 3.28. The number of rotatable bonds is 0. The van der Waals surface area contributed by atoms with Gasteiger partial charge in [-0.3, -0.25) is 0 Å². The van der Waals surface area contributed by atoms with Crippen LogP contribution in [0.1, 0.15) is 5.56 Å². The van der Waals surface area contributed by atoms with E-state index in [1.165, 1.54) is 0 Å². The highest BCUT2D eigenvalue weighted by atomic mass is 79.9. The maximum absolute atomic E-state index is 5.86. The summed E-state index contributed by atoms with van der Waals surface area (Å²) in [7, 11) is 0. The average molecular weight is 257 g/mol. The van der Waals surface area contributed by atoms with E-state index in [2.05, 4.69) is 20.9 Å². The molecule has 1 heterocycles. The Hall–Kier alpha value is -0.600. The topological polar surface area (TPSA) is 12.9 Å². The molecule has 0 saturated carbocycles. The zero-order valence-electron chi connectivity index (χ0n) is 7.01. The summed E-state index contributed by atoms with van der Waals surface area (Å²) in [6, 6.07) is 7.87. The lowest BCUT2D eigenvalue weighted by molar-refractivity contribution is 1.36. The lowest BCUT2D eigenvalue weighted by Gasteiger charge is -2.03. The molecule has 2 rings (SSSR count). The smallest absolute Gasteiger partial charge is 0.130 e. The fourth-order valence-electron chi connectivity index (χ4n) is 1.34. The van der Waals surface area contributed by atoms with Gasteiger partial charge >= 0.3 is 0 Å². The number of aryl methyl sites for hydroxylation is 1. The molecule has 0 fully saturated rings. The van der Waals surface area contributed by atoms with Gasteiger partial charge in [0.25, 0.3) is 0 Å². The van der Waals surface area contributed by atoms with Crippen molar-refractivity contribution in [3.63, 3.8) is 0 Å². The van der Waals surface area contributed by atoms with Gasteiger partial charge in [-0.25, -0.2) is 4.98 Å². The lowest BCUT2D eigenvalue weighted by Crippen LogP contribution is -1.84. The molecule has 0 N–H and O–H groups in total. The SMILES string of the molecule is Cc1cc(Cl)nc2c(Br)cccc12. The first kappa shape index (κ1) is 8.97. The molecule has 0 amide bonds. The largest absolute Gasteiger partial charge is 0.235 e. The van der Waals surface area contributed by atoms with Crippen molar-refractivity contribution < 1.29 is 0 Å². The first-order chi connectivity index (χ1) is 6.18. The monoisotopic (exact) mass is 255 g/mol. The number of aromatic nitrogens is 1. The van der Waals surface area contributed by atoms with E-state index in [1.54, 1.807) is 0 Å². The van der Waals surface area contributed by atoms with Crippen molar-refractivity contribution in [3.8, 4) is 0 Å². The molecule has 3 heteroatoms. The highest BCUT2D eigenvalue weighted by molar-refractivity contribution is 9.10. The maximum Gasteiger partial charge on any atom is 0.130 e. The number of nitrogens with zero attached hydrogens (tertiary/aromatic N) is 1. The number of halogens is 2. The summed E-state index contributed by atoms with van der Waals surface area (Å²) in [6.07, 6.45) is 0. The van der Waals surface area contributed by atoms with Gasteiger partial charge in [0.05, 0.1) is 5.52 Å². The Morgan fingerprint density at radius 1 is 1.38 bits per heavy atom. The number of para-hydroxylation sites is 1. The molecule has 1 aromatic heterocycles. The number of benzene rings is 1. The highest BCUT2D eigenvalue weighted by Crippen LogP contribution is 2.26. The van der Waals surface area contributed by atoms with Gasteiger partial charge in [-0.15, -0.1) is 0 Å². The molecule has 0 radical (unpaired) electrons. The lowest BCUT2D eigenvalue weighted by atomic mass is 10.1. The van der Waals surface area contributed by atoms with E-state index in [-0.39, 0.29) is 0 Å². The third kappa shape index (κ3) is 1.56. The van der Waals surface area contributed by atoms with Crippen LogP contribution in [0.25, 0.3) is 10.9 Å². The van der Waals surface area contributed by atoms with Crippen molar-refractivity contribution in [2.45, 2.75) is 6.92 Å². The van der Waals surface area contributed by atoms with Gasteiger partial charge < -0.3 is 0 Å². The number of fused-ring (bicyclic) bond motifs is 1. The first-order valence-corrected chi connectivity index (χ1v) is 5.07. The van der Waals surface area contributed by atoms with Gasteiger partial charge in [-0.1, -0.05) is 23.7 Å². The third-order valence-electron chi connectivity index (χ3n) is 1.97. The quantitative estimate of drug-likeness (QED) is 0.650. The van der Waals surface area contributed by atoms with Crippen molar-refractivity contribution in [2.75, 3.05) is 0 Å². The number of pyridine rings is 1. The van der Waals surface area contributed by atoms with E-state index in [0.29, 0.717) is 5.15 Å². The van der Waals surface area contributed by atoms with E-state index in [9.17, 15) is 0 Å². The first-order valence-electron chi connectivity index (χ1n) is 3.90. The van der Waals surface area contributed by atoms with E-state index >= 15 is 0 Å². The Labute approximate surface area is 89.9 Å². The minimum Gasteiger partial charge on any atom is -0.235 e. The molecule has 0 aliphatic heterocycles. The van der Waals surface area contributed by atoms with Crippen LogP contribution >= 0.6 is 27.5 Å². The minimum atomic E-state index is 0.539. The normalized spacial score (nSPS) is 10.7. The van der Waals surface area contributed by atoms with Gasteiger partial charge in [-0.05, 0) is 40.5 Å². The molecule has 0 bridgehead atoms. The van der Waals surface area contributed by atoms with Gasteiger partial charge in [0.2, 0.25) is 0 Å². The molecule has 0 saturated heterocycles. The maximum atomic E-state index is 5.86. The fourth-order valence-corrected chi connectivity index (χ4v) is 2.05. The van der Waals surface area contributed by atoms with Crippen LogP contribution in [0.2, 0.25) is 5.15 Å². The van der Waals surface area contributed by atoms with Crippen LogP contribution in [0, 0.1) is 6.92 Å². The van der Waals surface area contributed by atoms with Gasteiger partial charge in [0.1, 0.15) is 5.15 Å². The molecule has 66 valence electrons. The van der Waals surface area contributed by atoms with Crippen molar-refractivity contribution in [1.29, 1.82) is 0 Å². The van der Waals surface area contributed by atoms with Gasteiger partial charge in [-0.2, -0.15) is 0 Å². The van der Waals surface area contributed by atoms with Crippen molar-refractivity contribution in [1.82, 2.24) is 4.98 Å². The Bertz CT molecular complexity index is 468. The molecule has 1 aromatic carbocycles. The second-order valence-electron chi connectivity index (χ2n) is 2.90. The summed E-state index contributed by atoms with van der Waals surface area (Å²) in [5, 5.41) is 1.68. The van der Waals surface area contributed by atoms with E-state index in [1.807, 2.05) is 31.2 Å². The summed E-state index contributed by atoms with van der Waals surface area (Å²) in [6.45, 7) is 2.03. The zero-order chi connectivity index (χ0) is 9.42. The van der Waals surface area contributed by atoms with Crippen LogP contribution in [0.4, 0.5) is 0 Å². The Kier molecular flexibility index (Phi) is 2.26. The summed E-state index contributed by atoms with van der Waals surface area (Å²) in [5.74, 6) is 0. The fraction of sp³-hybridized carbons (Fsp3) is 0.100. The van der Waals surface area contributed by atoms with E-state index in [4.69, 9.17) is 11.6 Å². The van der Waals surface area contributed by atoms with Crippen molar-refractivity contribution in [3.05, 3.63) is 39.5 Å². The van der Waals surface area contributed by atoms with Crippen molar-refractivity contribution in [2.24, 2.45) is 0 Å². The summed E-state index contributed by atoms with van der Waals surface area (Å²) in [5.41, 5.74) is 2.07. The Morgan fingerprint density at radius 3 is 2.92 bits per heavy atom. The molecular weight excluding hydrogens is 249 g/mol. The van der Waals surface area contributed by atoms with E-state index < -0.39 is 0 Å². The van der Waals surface area contributed by atoms with E-state index in [0.717, 1.165) is 20.9 Å². The minimum absolute atomic E-state index is 0.539. The highest BCUT2D eigenvalue weighted by Gasteiger charge is 2.03. The van der Waals surface area contributed by atoms with Crippen LogP contribution in [0.5, 0.6) is 0 Å². The third-order valence-corrected chi connectivity index (χ3v) is 2.80. The predicted octanol–water partition coefficient (Wildman–Crippen LogP) is 3.96. The molecule has 0 atom stereocenters. The molecule has 2 aromatic rings. The predicted molar refractivity (Wildman–Crippen MR) is 59.2 cm³/mol. The molecule has 0 spiro atoms. The van der Waals surface area contributed by atoms with Crippen LogP contribution in [0.15, 0.2) is 28.7 Å². The second-order valence-corrected chi connectivity index (χ2v) is 4.14. The molecule has 0 aliphatic carbocycles. The number of hydrogen-bond acceptors (Lipinski definition) is 1. The standard InChI is InChI=1S/C10H7BrClN/c1-6-5-9(12)13-10-7(6)3-2-4-8(10)11/h2-5H,1H3. The molecule has 0 unspecified atom stereocenters. The van der Waals surface area contributed by atoms with Crippen molar-refractivity contribution >= 4 is 38.4 Å².